The molecule has 18 heterocycles. The molecule has 18 saturated heterocycles. The van der Waals surface area contributed by atoms with Gasteiger partial charge in [0.2, 0.25) is 0 Å². The first kappa shape index (κ1) is 99.4. The van der Waals surface area contributed by atoms with Crippen LogP contribution in [0.25, 0.3) is 0 Å². The van der Waals surface area contributed by atoms with Crippen LogP contribution >= 0.6 is 0 Å². The first-order valence-corrected chi connectivity index (χ1v) is 108. The van der Waals surface area contributed by atoms with Crippen molar-refractivity contribution >= 4 is 434 Å². The molecule has 18 aliphatic heterocycles. The summed E-state index contributed by atoms with van der Waals surface area (Å²) in [4.78, 5) is 48.0. The van der Waals surface area contributed by atoms with Crippen LogP contribution in [0.3, 0.4) is 0 Å². The first-order chi connectivity index (χ1) is 58.7. The van der Waals surface area contributed by atoms with Crippen molar-refractivity contribution in [2.45, 2.75) is 52.4 Å². The van der Waals surface area contributed by atoms with Crippen LogP contribution in [0.4, 0.5) is 0 Å². The van der Waals surface area contributed by atoms with Gasteiger partial charge in [-0.2, -0.15) is 0 Å². The van der Waals surface area contributed by atoms with Crippen molar-refractivity contribution in [2.24, 2.45) is 0 Å². The lowest BCUT2D eigenvalue weighted by Gasteiger charge is -2.42. The number of fused-ring (bicyclic) bond motifs is 14. The number of hydrogen-bond acceptors (Lipinski definition) is 67. The van der Waals surface area contributed by atoms with Crippen LogP contribution in [-0.4, -0.2) is 461 Å². The van der Waals surface area contributed by atoms with Gasteiger partial charge in [-0.25, -0.2) is 0 Å². The summed E-state index contributed by atoms with van der Waals surface area (Å²) in [5.74, 6) is 0. The van der Waals surface area contributed by atoms with Crippen molar-refractivity contribution < 1.29 is 279 Å². The predicted molar refractivity (Wildman–Crippen MR) is 458 cm³/mol. The van der Waals surface area contributed by atoms with E-state index in [4.69, 9.17) is 260 Å². The summed E-state index contributed by atoms with van der Waals surface area (Å²) in [5, 5.41) is 0. The topological polar surface area (TPSA) is 662 Å². The van der Waals surface area contributed by atoms with Crippen LogP contribution in [-0.2, 0) is 260 Å². The second-order valence-electron chi connectivity index (χ2n) is 24.7. The number of rotatable bonds is 1. The average Bonchev–Trinajstić information content (AvgIpc) is 1.54. The van der Waals surface area contributed by atoms with Gasteiger partial charge in [0.25, 0.3) is 10.0 Å². The molecule has 33 bridgehead atoms. The Hall–Kier alpha value is 7.30. The standard InChI is InChI=1S/C9H76O67Si46/c1-14-89-20-80(4)17-81(5)21-94-39-101-41-95-26-84(8)71-121(9)72-88(13)33-97-30-87(12)32-99-45-98-31-86(11)29-96-28-85(10)27-91-24-82(6)22-90-23-83(7)25-116-63-93-19-79(3)16-77-15-78(2)18-92-36-100(34-89)48-102(40-94)50-106-54-108-55-107(57-111(44-97)64-117(73-121)65-112(58-108)56-103(42-95)49-101)52-105(47-99)53-109(51-104(43-96)46-98)60-114-61-113(59-106)67-119(66-110(37-92)38-93)76-122(74-116)75-118(62-90)68-115(35-91)70-120(122)69-114/h10-13,78-120H,77H2,1-9H3. The van der Waals surface area contributed by atoms with Crippen molar-refractivity contribution in [2.75, 3.05) is 7.11 Å². The molecule has 4 N–H and O–H groups in total. The van der Waals surface area contributed by atoms with E-state index in [-0.39, 0.29) is 0 Å². The van der Waals surface area contributed by atoms with Gasteiger partial charge in [0.15, 0.2) is 0 Å². The Morgan fingerprint density at radius 3 is 0.721 bits per heavy atom. The highest BCUT2D eigenvalue weighted by molar-refractivity contribution is 7.25. The molecule has 0 aliphatic carbocycles. The highest BCUT2D eigenvalue weighted by atomic mass is 29.3. The maximum atomic E-state index is 12.2. The normalized spacial score (nSPS) is 54.2. The van der Waals surface area contributed by atoms with Gasteiger partial charge in [-0.15, -0.1) is 0 Å². The second-order valence-corrected chi connectivity index (χ2v) is 128. The highest BCUT2D eigenvalue weighted by Crippen LogP contribution is 2.35. The van der Waals surface area contributed by atoms with Gasteiger partial charge in [0.1, 0.15) is 0 Å². The summed E-state index contributed by atoms with van der Waals surface area (Å²) in [7, 11) is -186. The molecule has 122 heavy (non-hydrogen) atoms. The van der Waals surface area contributed by atoms with Gasteiger partial charge in [0.05, 0.1) is 0 Å². The Morgan fingerprint density at radius 1 is 0.189 bits per heavy atom. The molecule has 0 amide bonds. The van der Waals surface area contributed by atoms with E-state index in [1.54, 1.807) is 45.8 Å². The first-order valence-electron chi connectivity index (χ1n) is 35.7. The van der Waals surface area contributed by atoms with Crippen molar-refractivity contribution in [1.29, 1.82) is 0 Å². The summed E-state index contributed by atoms with van der Waals surface area (Å²) >= 11 is 0. The molecule has 0 aromatic heterocycles. The maximum Gasteiger partial charge on any atom is 0.511 e. The van der Waals surface area contributed by atoms with E-state index in [1.165, 1.54) is 13.7 Å². The van der Waals surface area contributed by atoms with E-state index >= 15 is 0 Å². The van der Waals surface area contributed by atoms with E-state index in [2.05, 4.69) is 0 Å². The average molecular weight is 2550 g/mol. The van der Waals surface area contributed by atoms with Gasteiger partial charge < -0.3 is 279 Å². The molecular formula is C9H76O67Si46. The van der Waals surface area contributed by atoms with E-state index < -0.39 is 434 Å². The zero-order valence-corrected chi connectivity index (χ0v) is 116. The fraction of sp³-hybridized carbons (Fsp3) is 1.00. The zero-order valence-electron chi connectivity index (χ0n) is 63.0. The van der Waals surface area contributed by atoms with Gasteiger partial charge in [-0.05, 0) is 45.8 Å². The van der Waals surface area contributed by atoms with Crippen LogP contribution in [0.5, 0.6) is 0 Å². The van der Waals surface area contributed by atoms with Gasteiger partial charge >= 0.3 is 424 Å². The van der Waals surface area contributed by atoms with E-state index in [1.807, 2.05) is 0 Å². The van der Waals surface area contributed by atoms with Crippen molar-refractivity contribution in [3.63, 3.8) is 0 Å². The largest absolute Gasteiger partial charge is 0.511 e. The Labute approximate surface area is 765 Å². The minimum atomic E-state index is -5.45. The Bertz CT molecular complexity index is 3310. The molecule has 45 unspecified atom stereocenters. The summed E-state index contributed by atoms with van der Waals surface area (Å²) < 4.78 is 423. The summed E-state index contributed by atoms with van der Waals surface area (Å²) in [6.45, 7) is 12.9. The molecule has 0 saturated carbocycles. The van der Waals surface area contributed by atoms with Crippen molar-refractivity contribution in [3.8, 4) is 0 Å². The maximum absolute atomic E-state index is 12.2. The monoisotopic (exact) mass is 2540 g/mol. The molecule has 0 aromatic rings. The number of hydrogen-bond donors (Lipinski definition) is 4. The molecule has 45 atom stereocenters. The van der Waals surface area contributed by atoms with Crippen LogP contribution in [0.15, 0.2) is 0 Å². The molecule has 1 spiro atoms. The summed E-state index contributed by atoms with van der Waals surface area (Å²) in [6.07, 6.45) is 0. The molecule has 18 aliphatic rings. The van der Waals surface area contributed by atoms with Gasteiger partial charge in [0, 0.05) is 13.7 Å². The molecule has 18 rings (SSSR count). The molecule has 18 fully saturated rings. The fourth-order valence-electron chi connectivity index (χ4n) is 10.9. The molecule has 0 radical (unpaired) electrons. The van der Waals surface area contributed by atoms with Crippen LogP contribution < -0.4 is 0 Å². The lowest BCUT2D eigenvalue weighted by molar-refractivity contribution is 0.0749. The smallest absolute Gasteiger partial charge is 0.423 e. The third kappa shape index (κ3) is 28.4. The third-order valence-electron chi connectivity index (χ3n) is 15.8. The van der Waals surface area contributed by atoms with E-state index in [9.17, 15) is 19.2 Å². The quantitative estimate of drug-likeness (QED) is 0.177. The minimum absolute atomic E-state index is 1.34. The zero-order chi connectivity index (χ0) is 84.1. The molecule has 67 nitrogen and oxygen atoms in total. The summed E-state index contributed by atoms with van der Waals surface area (Å²) in [5.41, 5.74) is 0. The van der Waals surface area contributed by atoms with Gasteiger partial charge in [-0.1, -0.05) is 0 Å². The Kier molecular flexibility index (Phi) is 37.6. The fourth-order valence-corrected chi connectivity index (χ4v) is 172. The minimum Gasteiger partial charge on any atom is -0.423 e. The van der Waals surface area contributed by atoms with E-state index in [0.29, 0.717) is 0 Å². The molecule has 113 heteroatoms. The Balaban J connectivity index is 0.863. The van der Waals surface area contributed by atoms with Crippen molar-refractivity contribution in [1.82, 2.24) is 0 Å². The third-order valence-corrected chi connectivity index (χ3v) is 147. The van der Waals surface area contributed by atoms with Crippen LogP contribution in [0.2, 0.25) is 52.4 Å². The van der Waals surface area contributed by atoms with Gasteiger partial charge in [-0.3, -0.25) is 0 Å². The Morgan fingerprint density at radius 2 is 0.393 bits per heavy atom. The molecule has 0 aromatic carbocycles. The highest BCUT2D eigenvalue weighted by Gasteiger charge is 2.69. The predicted octanol–water partition coefficient (Wildman–Crippen LogP) is -31.3. The lowest BCUT2D eigenvalue weighted by Crippen LogP contribution is -2.71. The lowest BCUT2D eigenvalue weighted by atomic mass is 11.8. The second kappa shape index (κ2) is 46.1. The molecular weight excluding hydrogens is 2470 g/mol. The van der Waals surface area contributed by atoms with Crippen LogP contribution in [0, 0.1) is 0 Å². The molecule has 698 valence electrons. The van der Waals surface area contributed by atoms with Crippen molar-refractivity contribution in [3.05, 3.63) is 0 Å². The SMILES string of the molecule is CO[SiH]1O[SiH](C)O[SiH](C)O[SiH]2O[SiH]3O[SiH]4O[SiH](C)O[Si]5(C)O[SiH](O)O[SiH]6O[SiH](O)O[SiH]7O[SiH]8O[SiH](O)O[SiH]9O[SiH](O)O[SiH]%10O[SiH](C)O[SiH]%11O[SiH](C)O[SiH]%12O[SiH]%13O[SiH](C)O[SiH2]O[SiH](C)O[SiH]%14O[SiH](O1)O[SiH](O2)O[SiH]1O[SiH]2O[SiH](O[SiH](O7)O[SiH](O[SiH](O9)O8)O[SiH]7O[SiH](O1)O[SiH](O[SiH](O%14)O%13)O[Si]1(O%12)O[SiH](O%11)O[SiH](O%10)O[SiH]1O7)O[SiH](O6)O[SiH](O[SiH](O[SiH](O4)O3)O2)O5. The summed E-state index contributed by atoms with van der Waals surface area (Å²) in [6, 6.07) is 0. The van der Waals surface area contributed by atoms with E-state index in [0.717, 1.165) is 0 Å². The van der Waals surface area contributed by atoms with Crippen LogP contribution in [0.1, 0.15) is 0 Å².